The lowest BCUT2D eigenvalue weighted by molar-refractivity contribution is 0.469. The number of benzene rings is 1. The minimum absolute atomic E-state index is 0.121. The summed E-state index contributed by atoms with van der Waals surface area (Å²) in [4.78, 5) is 0. The molecule has 2 rings (SSSR count). The SMILES string of the molecule is CCc1cc(O)cc2c1CCCC2N. The largest absolute Gasteiger partial charge is 0.508 e. The lowest BCUT2D eigenvalue weighted by atomic mass is 9.84. The molecule has 0 aliphatic heterocycles. The second kappa shape index (κ2) is 3.62. The predicted octanol–water partition coefficient (Wildman–Crippen LogP) is 2.29. The maximum absolute atomic E-state index is 9.56. The van der Waals surface area contributed by atoms with Gasteiger partial charge in [0.2, 0.25) is 0 Å². The average molecular weight is 191 g/mol. The fourth-order valence-electron chi connectivity index (χ4n) is 2.34. The maximum atomic E-state index is 9.56. The van der Waals surface area contributed by atoms with Gasteiger partial charge in [0, 0.05) is 6.04 Å². The number of nitrogens with two attached hydrogens (primary N) is 1. The molecule has 14 heavy (non-hydrogen) atoms. The van der Waals surface area contributed by atoms with E-state index >= 15 is 0 Å². The van der Waals surface area contributed by atoms with Gasteiger partial charge in [-0.25, -0.2) is 0 Å². The van der Waals surface area contributed by atoms with Gasteiger partial charge in [-0.05, 0) is 54.5 Å². The monoisotopic (exact) mass is 191 g/mol. The predicted molar refractivity (Wildman–Crippen MR) is 57.4 cm³/mol. The number of fused-ring (bicyclic) bond motifs is 1. The molecule has 0 heterocycles. The van der Waals surface area contributed by atoms with Crippen molar-refractivity contribution in [2.75, 3.05) is 0 Å². The van der Waals surface area contributed by atoms with E-state index < -0.39 is 0 Å². The second-order valence-corrected chi connectivity index (χ2v) is 4.02. The fraction of sp³-hybridized carbons (Fsp3) is 0.500. The number of rotatable bonds is 1. The van der Waals surface area contributed by atoms with E-state index in [0.29, 0.717) is 5.75 Å². The molecule has 0 fully saturated rings. The zero-order valence-electron chi connectivity index (χ0n) is 8.59. The highest BCUT2D eigenvalue weighted by Gasteiger charge is 2.19. The summed E-state index contributed by atoms with van der Waals surface area (Å²) in [5, 5.41) is 9.56. The van der Waals surface area contributed by atoms with Crippen molar-refractivity contribution in [1.29, 1.82) is 0 Å². The highest BCUT2D eigenvalue weighted by atomic mass is 16.3. The highest BCUT2D eigenvalue weighted by molar-refractivity contribution is 5.44. The normalized spacial score (nSPS) is 20.6. The van der Waals surface area contributed by atoms with Crippen molar-refractivity contribution < 1.29 is 5.11 Å². The van der Waals surface area contributed by atoms with Gasteiger partial charge in [0.15, 0.2) is 0 Å². The van der Waals surface area contributed by atoms with Gasteiger partial charge in [-0.3, -0.25) is 0 Å². The first kappa shape index (κ1) is 9.53. The second-order valence-electron chi connectivity index (χ2n) is 4.02. The summed E-state index contributed by atoms with van der Waals surface area (Å²) in [7, 11) is 0. The van der Waals surface area contributed by atoms with Crippen LogP contribution in [-0.4, -0.2) is 5.11 Å². The van der Waals surface area contributed by atoms with E-state index in [1.165, 1.54) is 17.5 Å². The van der Waals surface area contributed by atoms with Crippen LogP contribution in [0, 0.1) is 0 Å². The molecule has 1 unspecified atom stereocenters. The summed E-state index contributed by atoms with van der Waals surface area (Å²) in [6.07, 6.45) is 4.31. The van der Waals surface area contributed by atoms with Crippen molar-refractivity contribution in [3.8, 4) is 5.75 Å². The molecule has 1 aromatic rings. The Labute approximate surface area is 84.7 Å². The van der Waals surface area contributed by atoms with Gasteiger partial charge >= 0.3 is 0 Å². The van der Waals surface area contributed by atoms with E-state index in [4.69, 9.17) is 5.73 Å². The Morgan fingerprint density at radius 3 is 3.00 bits per heavy atom. The number of hydrogen-bond acceptors (Lipinski definition) is 2. The van der Waals surface area contributed by atoms with Gasteiger partial charge in [0.05, 0.1) is 0 Å². The van der Waals surface area contributed by atoms with E-state index in [2.05, 4.69) is 6.92 Å². The number of aromatic hydroxyl groups is 1. The molecule has 76 valence electrons. The number of hydrogen-bond donors (Lipinski definition) is 2. The van der Waals surface area contributed by atoms with Crippen molar-refractivity contribution in [2.45, 2.75) is 38.6 Å². The van der Waals surface area contributed by atoms with Crippen LogP contribution < -0.4 is 5.73 Å². The molecule has 0 saturated heterocycles. The zero-order valence-corrected chi connectivity index (χ0v) is 8.59. The third-order valence-electron chi connectivity index (χ3n) is 3.08. The van der Waals surface area contributed by atoms with Crippen molar-refractivity contribution in [3.05, 3.63) is 28.8 Å². The summed E-state index contributed by atoms with van der Waals surface area (Å²) < 4.78 is 0. The van der Waals surface area contributed by atoms with Gasteiger partial charge in [0.25, 0.3) is 0 Å². The first-order chi connectivity index (χ1) is 6.72. The topological polar surface area (TPSA) is 46.2 Å². The van der Waals surface area contributed by atoms with Crippen LogP contribution in [0.4, 0.5) is 0 Å². The zero-order chi connectivity index (χ0) is 10.1. The minimum Gasteiger partial charge on any atom is -0.508 e. The molecule has 0 spiro atoms. The number of phenolic OH excluding ortho intramolecular Hbond substituents is 1. The van der Waals surface area contributed by atoms with Crippen molar-refractivity contribution in [1.82, 2.24) is 0 Å². The molecular formula is C12H17NO. The number of aryl methyl sites for hydroxylation is 1. The van der Waals surface area contributed by atoms with Gasteiger partial charge in [-0.15, -0.1) is 0 Å². The summed E-state index contributed by atoms with van der Waals surface area (Å²) in [6.45, 7) is 2.12. The molecule has 0 radical (unpaired) electrons. The molecule has 0 amide bonds. The Hall–Kier alpha value is -1.02. The molecule has 2 heteroatoms. The standard InChI is InChI=1S/C12H17NO/c1-2-8-6-9(14)7-11-10(8)4-3-5-12(11)13/h6-7,12,14H,2-5,13H2,1H3. The molecule has 0 bridgehead atoms. The molecule has 0 aromatic heterocycles. The van der Waals surface area contributed by atoms with E-state index in [9.17, 15) is 5.11 Å². The van der Waals surface area contributed by atoms with E-state index in [1.54, 1.807) is 0 Å². The van der Waals surface area contributed by atoms with Crippen molar-refractivity contribution in [2.24, 2.45) is 5.73 Å². The van der Waals surface area contributed by atoms with Gasteiger partial charge in [-0.1, -0.05) is 6.92 Å². The third-order valence-corrected chi connectivity index (χ3v) is 3.08. The van der Waals surface area contributed by atoms with Crippen LogP contribution >= 0.6 is 0 Å². The van der Waals surface area contributed by atoms with Crippen LogP contribution in [-0.2, 0) is 12.8 Å². The summed E-state index contributed by atoms with van der Waals surface area (Å²) >= 11 is 0. The lowest BCUT2D eigenvalue weighted by Gasteiger charge is -2.24. The number of phenols is 1. The van der Waals surface area contributed by atoms with Crippen LogP contribution in [0.2, 0.25) is 0 Å². The summed E-state index contributed by atoms with van der Waals surface area (Å²) in [6, 6.07) is 3.82. The summed E-state index contributed by atoms with van der Waals surface area (Å²) in [5.41, 5.74) is 9.83. The fourth-order valence-corrected chi connectivity index (χ4v) is 2.34. The van der Waals surface area contributed by atoms with Crippen molar-refractivity contribution >= 4 is 0 Å². The first-order valence-corrected chi connectivity index (χ1v) is 5.32. The molecule has 1 aliphatic rings. The molecule has 1 atom stereocenters. The Morgan fingerprint density at radius 2 is 2.29 bits per heavy atom. The Balaban J connectivity index is 2.54. The third kappa shape index (κ3) is 1.50. The smallest absolute Gasteiger partial charge is 0.116 e. The minimum atomic E-state index is 0.121. The summed E-state index contributed by atoms with van der Waals surface area (Å²) in [5.74, 6) is 0.359. The van der Waals surface area contributed by atoms with Gasteiger partial charge in [-0.2, -0.15) is 0 Å². The molecule has 3 N–H and O–H groups in total. The van der Waals surface area contributed by atoms with Gasteiger partial charge < -0.3 is 10.8 Å². The molecular weight excluding hydrogens is 174 g/mol. The van der Waals surface area contributed by atoms with Gasteiger partial charge in [0.1, 0.15) is 5.75 Å². The highest BCUT2D eigenvalue weighted by Crippen LogP contribution is 2.33. The Morgan fingerprint density at radius 1 is 1.50 bits per heavy atom. The van der Waals surface area contributed by atoms with Crippen LogP contribution in [0.3, 0.4) is 0 Å². The van der Waals surface area contributed by atoms with Crippen LogP contribution in [0.25, 0.3) is 0 Å². The van der Waals surface area contributed by atoms with Crippen LogP contribution in [0.5, 0.6) is 5.75 Å². The quantitative estimate of drug-likeness (QED) is 0.715. The van der Waals surface area contributed by atoms with E-state index in [1.807, 2.05) is 12.1 Å². The van der Waals surface area contributed by atoms with Crippen molar-refractivity contribution in [3.63, 3.8) is 0 Å². The first-order valence-electron chi connectivity index (χ1n) is 5.32. The lowest BCUT2D eigenvalue weighted by Crippen LogP contribution is -2.18. The van der Waals surface area contributed by atoms with Crippen LogP contribution in [0.1, 0.15) is 42.5 Å². The molecule has 1 aliphatic carbocycles. The average Bonchev–Trinajstić information content (AvgIpc) is 2.18. The molecule has 1 aromatic carbocycles. The van der Waals surface area contributed by atoms with E-state index in [0.717, 1.165) is 24.8 Å². The Bertz CT molecular complexity index is 346. The van der Waals surface area contributed by atoms with Crippen LogP contribution in [0.15, 0.2) is 12.1 Å². The molecule has 2 nitrogen and oxygen atoms in total. The van der Waals surface area contributed by atoms with E-state index in [-0.39, 0.29) is 6.04 Å². The maximum Gasteiger partial charge on any atom is 0.116 e. The molecule has 0 saturated carbocycles. The Kier molecular flexibility index (Phi) is 2.46.